The van der Waals surface area contributed by atoms with Gasteiger partial charge in [-0.3, -0.25) is 4.79 Å². The van der Waals surface area contributed by atoms with Gasteiger partial charge in [0, 0.05) is 17.8 Å². The van der Waals surface area contributed by atoms with Crippen molar-refractivity contribution < 1.29 is 14.3 Å². The van der Waals surface area contributed by atoms with E-state index in [-0.39, 0.29) is 16.9 Å². The number of aryl methyl sites for hydroxylation is 1. The van der Waals surface area contributed by atoms with Crippen molar-refractivity contribution in [3.63, 3.8) is 0 Å². The molecule has 0 spiro atoms. The van der Waals surface area contributed by atoms with Crippen LogP contribution in [0.5, 0.6) is 0 Å². The number of carboxylic acids is 1. The van der Waals surface area contributed by atoms with Gasteiger partial charge >= 0.3 is 5.97 Å². The van der Waals surface area contributed by atoms with E-state index in [4.69, 9.17) is 5.11 Å². The van der Waals surface area contributed by atoms with Crippen LogP contribution in [0.2, 0.25) is 0 Å². The van der Waals surface area contributed by atoms with Gasteiger partial charge in [-0.1, -0.05) is 0 Å². The Morgan fingerprint density at radius 3 is 2.60 bits per heavy atom. The molecule has 20 heavy (non-hydrogen) atoms. The van der Waals surface area contributed by atoms with E-state index in [1.165, 1.54) is 35.0 Å². The van der Waals surface area contributed by atoms with Crippen LogP contribution in [-0.2, 0) is 4.79 Å². The smallest absolute Gasteiger partial charge is 0.328 e. The Morgan fingerprint density at radius 2 is 2.00 bits per heavy atom. The average Bonchev–Trinajstić information content (AvgIpc) is 2.39. The van der Waals surface area contributed by atoms with Gasteiger partial charge in [-0.15, -0.1) is 0 Å². The second kappa shape index (κ2) is 5.48. The Labute approximate surface area is 113 Å². The maximum absolute atomic E-state index is 12.9. The molecule has 6 heteroatoms. The van der Waals surface area contributed by atoms with Gasteiger partial charge in [0.1, 0.15) is 11.5 Å². The fraction of sp³-hybridized carbons (Fsp3) is 0.0714. The minimum Gasteiger partial charge on any atom is -0.478 e. The normalized spacial score (nSPS) is 10.9. The van der Waals surface area contributed by atoms with Gasteiger partial charge in [-0.05, 0) is 37.3 Å². The Kier molecular flexibility index (Phi) is 3.74. The highest BCUT2D eigenvalue weighted by Gasteiger charge is 2.06. The van der Waals surface area contributed by atoms with Gasteiger partial charge in [0.25, 0.3) is 0 Å². The van der Waals surface area contributed by atoms with E-state index in [1.807, 2.05) is 0 Å². The van der Waals surface area contributed by atoms with Gasteiger partial charge < -0.3 is 5.11 Å². The minimum atomic E-state index is -1.17. The first-order valence-electron chi connectivity index (χ1n) is 5.75. The van der Waals surface area contributed by atoms with Crippen LogP contribution in [0.1, 0.15) is 11.4 Å². The van der Waals surface area contributed by atoms with E-state index in [0.29, 0.717) is 11.4 Å². The van der Waals surface area contributed by atoms with Crippen molar-refractivity contribution in [2.24, 2.45) is 0 Å². The molecule has 1 N–H and O–H groups in total. The third kappa shape index (κ3) is 2.97. The lowest BCUT2D eigenvalue weighted by Gasteiger charge is -2.09. The fourth-order valence-electron chi connectivity index (χ4n) is 1.67. The van der Waals surface area contributed by atoms with Crippen LogP contribution in [0.15, 0.2) is 41.2 Å². The van der Waals surface area contributed by atoms with Crippen LogP contribution in [0.25, 0.3) is 11.8 Å². The van der Waals surface area contributed by atoms with Crippen molar-refractivity contribution in [2.45, 2.75) is 6.92 Å². The molecular formula is C14H11FN2O3. The highest BCUT2D eigenvalue weighted by atomic mass is 19.1. The topological polar surface area (TPSA) is 72.2 Å². The van der Waals surface area contributed by atoms with Gasteiger partial charge in [0.05, 0.1) is 5.69 Å². The van der Waals surface area contributed by atoms with E-state index < -0.39 is 5.97 Å². The van der Waals surface area contributed by atoms with E-state index in [1.54, 1.807) is 6.92 Å². The number of carboxylic acid groups (broad SMARTS) is 1. The fourth-order valence-corrected chi connectivity index (χ4v) is 1.67. The number of hydrogen-bond donors (Lipinski definition) is 1. The molecule has 0 atom stereocenters. The van der Waals surface area contributed by atoms with Crippen LogP contribution in [-0.4, -0.2) is 20.9 Å². The van der Waals surface area contributed by atoms with Crippen molar-refractivity contribution in [1.29, 1.82) is 0 Å². The van der Waals surface area contributed by atoms with Crippen molar-refractivity contribution in [2.75, 3.05) is 0 Å². The van der Waals surface area contributed by atoms with Gasteiger partial charge in [-0.25, -0.2) is 13.9 Å². The Balaban J connectivity index is 2.54. The molecule has 0 unspecified atom stereocenters. The van der Waals surface area contributed by atoms with E-state index >= 15 is 0 Å². The molecule has 102 valence electrons. The number of benzene rings is 1. The molecule has 0 radical (unpaired) electrons. The second-order valence-electron chi connectivity index (χ2n) is 4.10. The first kappa shape index (κ1) is 13.7. The summed E-state index contributed by atoms with van der Waals surface area (Å²) >= 11 is 0. The van der Waals surface area contributed by atoms with Crippen molar-refractivity contribution >= 4 is 12.0 Å². The quantitative estimate of drug-likeness (QED) is 0.866. The molecule has 5 nitrogen and oxygen atoms in total. The summed E-state index contributed by atoms with van der Waals surface area (Å²) in [5.41, 5.74) is 0.767. The molecular weight excluding hydrogens is 263 g/mol. The van der Waals surface area contributed by atoms with Crippen molar-refractivity contribution in [1.82, 2.24) is 9.78 Å². The summed E-state index contributed by atoms with van der Waals surface area (Å²) in [6, 6.07) is 6.94. The number of halogens is 1. The number of nitrogens with zero attached hydrogens (tertiary/aromatic N) is 2. The molecule has 0 fully saturated rings. The lowest BCUT2D eigenvalue weighted by molar-refractivity contribution is -0.131. The van der Waals surface area contributed by atoms with E-state index in [2.05, 4.69) is 5.10 Å². The molecule has 0 aliphatic rings. The van der Waals surface area contributed by atoms with Crippen LogP contribution in [0.4, 0.5) is 4.39 Å². The summed E-state index contributed by atoms with van der Waals surface area (Å²) < 4.78 is 14.3. The molecule has 1 aromatic carbocycles. The maximum Gasteiger partial charge on any atom is 0.328 e. The van der Waals surface area contributed by atoms with Crippen molar-refractivity contribution in [3.05, 3.63) is 63.8 Å². The number of aliphatic carboxylic acids is 1. The Hall–Kier alpha value is -2.76. The third-order valence-electron chi connectivity index (χ3n) is 2.59. The summed E-state index contributed by atoms with van der Waals surface area (Å²) in [4.78, 5) is 22.2. The van der Waals surface area contributed by atoms with Gasteiger partial charge in [0.2, 0.25) is 5.43 Å². The largest absolute Gasteiger partial charge is 0.478 e. The zero-order valence-corrected chi connectivity index (χ0v) is 10.6. The summed E-state index contributed by atoms with van der Waals surface area (Å²) in [5.74, 6) is -1.54. The monoisotopic (exact) mass is 274 g/mol. The van der Waals surface area contributed by atoms with Crippen LogP contribution >= 0.6 is 0 Å². The molecule has 0 saturated carbocycles. The van der Waals surface area contributed by atoms with Gasteiger partial charge in [-0.2, -0.15) is 5.10 Å². The van der Waals surface area contributed by atoms with E-state index in [9.17, 15) is 14.0 Å². The predicted molar refractivity (Wildman–Crippen MR) is 71.2 cm³/mol. The summed E-state index contributed by atoms with van der Waals surface area (Å²) in [6.07, 6.45) is 1.97. The first-order chi connectivity index (χ1) is 9.47. The van der Waals surface area contributed by atoms with Crippen LogP contribution < -0.4 is 5.43 Å². The minimum absolute atomic E-state index is 0.00215. The molecule has 2 aromatic rings. The van der Waals surface area contributed by atoms with Crippen LogP contribution in [0.3, 0.4) is 0 Å². The second-order valence-corrected chi connectivity index (χ2v) is 4.10. The zero-order chi connectivity index (χ0) is 14.7. The Morgan fingerprint density at radius 1 is 1.35 bits per heavy atom. The molecule has 1 aromatic heterocycles. The lowest BCUT2D eigenvalue weighted by atomic mass is 10.2. The van der Waals surface area contributed by atoms with Crippen LogP contribution in [0, 0.1) is 12.7 Å². The molecule has 0 aliphatic heterocycles. The Bertz CT molecular complexity index is 733. The summed E-state index contributed by atoms with van der Waals surface area (Å²) in [5, 5.41) is 12.6. The standard InChI is InChI=1S/C14H11FN2O3/c1-9-8-13(18)12(6-7-14(19)20)16-17(9)11-4-2-10(15)3-5-11/h2-8H,1H3,(H,19,20)/b7-6+. The van der Waals surface area contributed by atoms with E-state index in [0.717, 1.165) is 12.2 Å². The first-order valence-corrected chi connectivity index (χ1v) is 5.75. The molecule has 1 heterocycles. The highest BCUT2D eigenvalue weighted by Crippen LogP contribution is 2.10. The third-order valence-corrected chi connectivity index (χ3v) is 2.59. The zero-order valence-electron chi connectivity index (χ0n) is 10.6. The maximum atomic E-state index is 12.9. The van der Waals surface area contributed by atoms with Crippen molar-refractivity contribution in [3.8, 4) is 5.69 Å². The summed E-state index contributed by atoms with van der Waals surface area (Å²) in [7, 11) is 0. The number of carbonyl (C=O) groups is 1. The lowest BCUT2D eigenvalue weighted by Crippen LogP contribution is -2.16. The highest BCUT2D eigenvalue weighted by molar-refractivity contribution is 5.84. The predicted octanol–water partition coefficient (Wildman–Crippen LogP) is 1.78. The number of rotatable bonds is 3. The molecule has 0 aliphatic carbocycles. The molecule has 0 amide bonds. The SMILES string of the molecule is Cc1cc(=O)c(/C=C/C(=O)O)nn1-c1ccc(F)cc1. The molecule has 0 saturated heterocycles. The molecule has 2 rings (SSSR count). The number of hydrogen-bond acceptors (Lipinski definition) is 3. The summed E-state index contributed by atoms with van der Waals surface area (Å²) in [6.45, 7) is 1.68. The molecule has 0 bridgehead atoms. The van der Waals surface area contributed by atoms with Gasteiger partial charge in [0.15, 0.2) is 0 Å². The number of aromatic nitrogens is 2. The average molecular weight is 274 g/mol.